The molecule has 1 rings (SSSR count). The molecular weight excluding hydrogens is 218 g/mol. The number of aliphatic carboxylic acids is 1. The van der Waals surface area contributed by atoms with Gasteiger partial charge in [-0.15, -0.1) is 0 Å². The Morgan fingerprint density at radius 1 is 1.47 bits per heavy atom. The molecule has 0 spiro atoms. The van der Waals surface area contributed by atoms with Crippen LogP contribution in [0.5, 0.6) is 0 Å². The van der Waals surface area contributed by atoms with Crippen LogP contribution in [0.15, 0.2) is 24.4 Å². The number of aromatic nitrogens is 1. The van der Waals surface area contributed by atoms with E-state index in [0.717, 1.165) is 13.0 Å². The number of pyridine rings is 1. The molecule has 0 aliphatic rings. The van der Waals surface area contributed by atoms with Gasteiger partial charge in [-0.05, 0) is 45.6 Å². The second-order valence-electron chi connectivity index (χ2n) is 4.03. The van der Waals surface area contributed by atoms with E-state index in [1.54, 1.807) is 31.3 Å². The SMILES string of the molecule is CNCCCNC(C)(C(=O)O)c1ccccn1. The molecule has 1 aromatic rings. The first kappa shape index (κ1) is 13.6. The van der Waals surface area contributed by atoms with E-state index in [9.17, 15) is 9.90 Å². The summed E-state index contributed by atoms with van der Waals surface area (Å²) in [7, 11) is 1.87. The fourth-order valence-electron chi connectivity index (χ4n) is 1.54. The van der Waals surface area contributed by atoms with Gasteiger partial charge in [0.15, 0.2) is 5.54 Å². The molecule has 0 amide bonds. The van der Waals surface area contributed by atoms with Crippen LogP contribution >= 0.6 is 0 Å². The number of nitrogens with one attached hydrogen (secondary N) is 2. The molecule has 0 aromatic carbocycles. The van der Waals surface area contributed by atoms with Gasteiger partial charge in [0.25, 0.3) is 0 Å². The highest BCUT2D eigenvalue weighted by molar-refractivity contribution is 5.79. The quantitative estimate of drug-likeness (QED) is 0.605. The zero-order chi connectivity index (χ0) is 12.7. The van der Waals surface area contributed by atoms with Gasteiger partial charge in [-0.2, -0.15) is 0 Å². The minimum Gasteiger partial charge on any atom is -0.480 e. The number of nitrogens with zero attached hydrogens (tertiary/aromatic N) is 1. The molecule has 17 heavy (non-hydrogen) atoms. The lowest BCUT2D eigenvalue weighted by molar-refractivity contribution is -0.144. The third kappa shape index (κ3) is 3.51. The highest BCUT2D eigenvalue weighted by Gasteiger charge is 2.35. The monoisotopic (exact) mass is 237 g/mol. The summed E-state index contributed by atoms with van der Waals surface area (Å²) in [6.45, 7) is 3.11. The number of carboxylic acids is 1. The number of carboxylic acid groups (broad SMARTS) is 1. The van der Waals surface area contributed by atoms with Crippen LogP contribution in [0, 0.1) is 0 Å². The standard InChI is InChI=1S/C12H19N3O2/c1-12(11(16)17,15-9-5-7-13-2)10-6-3-4-8-14-10/h3-4,6,8,13,15H,5,7,9H2,1-2H3,(H,16,17). The van der Waals surface area contributed by atoms with Crippen LogP contribution in [-0.2, 0) is 10.3 Å². The molecule has 0 bridgehead atoms. The van der Waals surface area contributed by atoms with Crippen LogP contribution in [0.1, 0.15) is 19.0 Å². The Morgan fingerprint density at radius 2 is 2.24 bits per heavy atom. The third-order valence-corrected chi connectivity index (χ3v) is 2.69. The molecule has 1 aromatic heterocycles. The molecule has 0 saturated heterocycles. The van der Waals surface area contributed by atoms with E-state index in [4.69, 9.17) is 0 Å². The van der Waals surface area contributed by atoms with Crippen molar-refractivity contribution in [1.82, 2.24) is 15.6 Å². The summed E-state index contributed by atoms with van der Waals surface area (Å²) in [5.41, 5.74) is -0.605. The van der Waals surface area contributed by atoms with Crippen LogP contribution < -0.4 is 10.6 Å². The number of carbonyl (C=O) groups is 1. The lowest BCUT2D eigenvalue weighted by Gasteiger charge is -2.25. The summed E-state index contributed by atoms with van der Waals surface area (Å²) in [6.07, 6.45) is 2.47. The lowest BCUT2D eigenvalue weighted by Crippen LogP contribution is -2.48. The van der Waals surface area contributed by atoms with Gasteiger partial charge in [0.1, 0.15) is 0 Å². The first-order valence-electron chi connectivity index (χ1n) is 5.66. The van der Waals surface area contributed by atoms with Crippen LogP contribution in [0.2, 0.25) is 0 Å². The highest BCUT2D eigenvalue weighted by Crippen LogP contribution is 2.18. The van der Waals surface area contributed by atoms with E-state index in [2.05, 4.69) is 15.6 Å². The van der Waals surface area contributed by atoms with Crippen molar-refractivity contribution in [2.24, 2.45) is 0 Å². The normalized spacial score (nSPS) is 14.2. The first-order chi connectivity index (χ1) is 8.11. The van der Waals surface area contributed by atoms with Crippen molar-refractivity contribution in [3.8, 4) is 0 Å². The Balaban J connectivity index is 2.73. The van der Waals surface area contributed by atoms with Gasteiger partial charge < -0.3 is 10.4 Å². The topological polar surface area (TPSA) is 74.2 Å². The van der Waals surface area contributed by atoms with Crippen LogP contribution in [-0.4, -0.2) is 36.2 Å². The molecule has 1 atom stereocenters. The van der Waals surface area contributed by atoms with Gasteiger partial charge in [0.05, 0.1) is 5.69 Å². The number of hydrogen-bond donors (Lipinski definition) is 3. The van der Waals surface area contributed by atoms with E-state index >= 15 is 0 Å². The molecule has 1 heterocycles. The van der Waals surface area contributed by atoms with Crippen molar-refractivity contribution in [2.45, 2.75) is 18.9 Å². The fourth-order valence-corrected chi connectivity index (χ4v) is 1.54. The Hall–Kier alpha value is -1.46. The van der Waals surface area contributed by atoms with Gasteiger partial charge >= 0.3 is 5.97 Å². The largest absolute Gasteiger partial charge is 0.480 e. The highest BCUT2D eigenvalue weighted by atomic mass is 16.4. The molecule has 1 unspecified atom stereocenters. The van der Waals surface area contributed by atoms with E-state index < -0.39 is 11.5 Å². The molecule has 0 saturated carbocycles. The lowest BCUT2D eigenvalue weighted by atomic mass is 9.97. The van der Waals surface area contributed by atoms with E-state index in [-0.39, 0.29) is 0 Å². The van der Waals surface area contributed by atoms with Crippen LogP contribution in [0.4, 0.5) is 0 Å². The second-order valence-corrected chi connectivity index (χ2v) is 4.03. The van der Waals surface area contributed by atoms with Crippen LogP contribution in [0.3, 0.4) is 0 Å². The van der Waals surface area contributed by atoms with Crippen molar-refractivity contribution >= 4 is 5.97 Å². The molecule has 0 radical (unpaired) electrons. The zero-order valence-corrected chi connectivity index (χ0v) is 10.2. The summed E-state index contributed by atoms with van der Waals surface area (Å²) in [6, 6.07) is 5.28. The summed E-state index contributed by atoms with van der Waals surface area (Å²) in [5, 5.41) is 15.4. The van der Waals surface area contributed by atoms with Crippen molar-refractivity contribution < 1.29 is 9.90 Å². The minimum absolute atomic E-state index is 0.525. The predicted octanol–water partition coefficient (Wildman–Crippen LogP) is 0.580. The Morgan fingerprint density at radius 3 is 2.76 bits per heavy atom. The van der Waals surface area contributed by atoms with Gasteiger partial charge in [0, 0.05) is 6.20 Å². The summed E-state index contributed by atoms with van der Waals surface area (Å²) >= 11 is 0. The first-order valence-corrected chi connectivity index (χ1v) is 5.66. The van der Waals surface area contributed by atoms with Crippen molar-refractivity contribution in [1.29, 1.82) is 0 Å². The maximum Gasteiger partial charge on any atom is 0.329 e. The number of hydrogen-bond acceptors (Lipinski definition) is 4. The molecule has 5 heteroatoms. The third-order valence-electron chi connectivity index (χ3n) is 2.69. The maximum absolute atomic E-state index is 11.4. The van der Waals surface area contributed by atoms with Crippen molar-refractivity contribution in [3.05, 3.63) is 30.1 Å². The molecular formula is C12H19N3O2. The Kier molecular flexibility index (Phi) is 5.06. The Bertz CT molecular complexity index is 356. The molecule has 0 aliphatic heterocycles. The average Bonchev–Trinajstić information content (AvgIpc) is 2.35. The van der Waals surface area contributed by atoms with E-state index in [1.807, 2.05) is 7.05 Å². The van der Waals surface area contributed by atoms with E-state index in [1.165, 1.54) is 0 Å². The second kappa shape index (κ2) is 6.32. The molecule has 0 fully saturated rings. The van der Waals surface area contributed by atoms with Crippen molar-refractivity contribution in [2.75, 3.05) is 20.1 Å². The van der Waals surface area contributed by atoms with Gasteiger partial charge in [-0.1, -0.05) is 6.07 Å². The zero-order valence-electron chi connectivity index (χ0n) is 10.2. The predicted molar refractivity (Wildman–Crippen MR) is 65.8 cm³/mol. The Labute approximate surface area is 101 Å². The van der Waals surface area contributed by atoms with Gasteiger partial charge in [-0.25, -0.2) is 4.79 Å². The van der Waals surface area contributed by atoms with Gasteiger partial charge in [-0.3, -0.25) is 10.3 Å². The average molecular weight is 237 g/mol. The maximum atomic E-state index is 11.4. The summed E-state index contributed by atoms with van der Waals surface area (Å²) in [4.78, 5) is 15.5. The smallest absolute Gasteiger partial charge is 0.329 e. The molecule has 0 aliphatic carbocycles. The molecule has 3 N–H and O–H groups in total. The van der Waals surface area contributed by atoms with Crippen LogP contribution in [0.25, 0.3) is 0 Å². The molecule has 5 nitrogen and oxygen atoms in total. The summed E-state index contributed by atoms with van der Waals surface area (Å²) < 4.78 is 0. The fraction of sp³-hybridized carbons (Fsp3) is 0.500. The van der Waals surface area contributed by atoms with Crippen molar-refractivity contribution in [3.63, 3.8) is 0 Å². The molecule has 94 valence electrons. The number of rotatable bonds is 7. The summed E-state index contributed by atoms with van der Waals surface area (Å²) in [5.74, 6) is -0.916. The van der Waals surface area contributed by atoms with E-state index in [0.29, 0.717) is 12.2 Å². The van der Waals surface area contributed by atoms with Gasteiger partial charge in [0.2, 0.25) is 0 Å². The minimum atomic E-state index is -1.13.